The fourth-order valence-corrected chi connectivity index (χ4v) is 2.91. The highest BCUT2D eigenvalue weighted by Gasteiger charge is 2.30. The van der Waals surface area contributed by atoms with Crippen LogP contribution in [0.15, 0.2) is 18.2 Å². The molecule has 1 atom stereocenters. The summed E-state index contributed by atoms with van der Waals surface area (Å²) in [5.74, 6) is 1.12. The Morgan fingerprint density at radius 1 is 1.45 bits per heavy atom. The van der Waals surface area contributed by atoms with Gasteiger partial charge in [-0.2, -0.15) is 0 Å². The van der Waals surface area contributed by atoms with Gasteiger partial charge < -0.3 is 14.4 Å². The van der Waals surface area contributed by atoms with Crippen molar-refractivity contribution < 1.29 is 14.3 Å². The Balaban J connectivity index is 1.84. The molecular formula is C16H21ClINO3. The van der Waals surface area contributed by atoms with Crippen molar-refractivity contribution in [2.45, 2.75) is 32.8 Å². The van der Waals surface area contributed by atoms with Crippen molar-refractivity contribution in [2.75, 3.05) is 19.7 Å². The van der Waals surface area contributed by atoms with Crippen LogP contribution in [0.2, 0.25) is 5.02 Å². The van der Waals surface area contributed by atoms with Crippen molar-refractivity contribution in [3.8, 4) is 5.75 Å². The third-order valence-corrected chi connectivity index (χ3v) is 4.43. The van der Waals surface area contributed by atoms with Crippen LogP contribution in [0.3, 0.4) is 0 Å². The van der Waals surface area contributed by atoms with Crippen molar-refractivity contribution in [3.63, 3.8) is 0 Å². The standard InChI is InChI=1S/C16H21ClINO3/c1-16(2,3)22-15(20)19-7-6-11(9-19)10-21-14-8-12(17)4-5-13(14)18/h4-5,8,11H,6-7,9-10H2,1-3H3. The van der Waals surface area contributed by atoms with Crippen LogP contribution >= 0.6 is 34.2 Å². The first kappa shape index (κ1) is 17.7. The van der Waals surface area contributed by atoms with E-state index in [4.69, 9.17) is 21.1 Å². The van der Waals surface area contributed by atoms with Crippen molar-refractivity contribution in [2.24, 2.45) is 5.92 Å². The molecule has 1 amide bonds. The number of halogens is 2. The third kappa shape index (κ3) is 5.19. The van der Waals surface area contributed by atoms with E-state index in [1.807, 2.05) is 39.0 Å². The van der Waals surface area contributed by atoms with Crippen molar-refractivity contribution in [1.82, 2.24) is 4.90 Å². The molecule has 1 aliphatic rings. The van der Waals surface area contributed by atoms with Gasteiger partial charge in [0.15, 0.2) is 0 Å². The Morgan fingerprint density at radius 2 is 2.18 bits per heavy atom. The first-order chi connectivity index (χ1) is 10.2. The Morgan fingerprint density at radius 3 is 2.86 bits per heavy atom. The molecule has 2 rings (SSSR count). The zero-order chi connectivity index (χ0) is 16.3. The second-order valence-electron chi connectivity index (χ2n) is 6.47. The molecule has 0 bridgehead atoms. The van der Waals surface area contributed by atoms with Gasteiger partial charge in [-0.1, -0.05) is 11.6 Å². The lowest BCUT2D eigenvalue weighted by Gasteiger charge is -2.24. The van der Waals surface area contributed by atoms with Gasteiger partial charge in [0, 0.05) is 24.0 Å². The molecule has 1 aliphatic heterocycles. The normalized spacial score (nSPS) is 18.4. The molecule has 122 valence electrons. The molecule has 1 heterocycles. The van der Waals surface area contributed by atoms with Crippen LogP contribution < -0.4 is 4.74 Å². The summed E-state index contributed by atoms with van der Waals surface area (Å²) in [6.45, 7) is 7.60. The molecule has 1 aromatic carbocycles. The monoisotopic (exact) mass is 437 g/mol. The predicted molar refractivity (Wildman–Crippen MR) is 95.6 cm³/mol. The Hall–Kier alpha value is -0.690. The van der Waals surface area contributed by atoms with Gasteiger partial charge in [-0.3, -0.25) is 0 Å². The fraction of sp³-hybridized carbons (Fsp3) is 0.562. The van der Waals surface area contributed by atoms with Crippen LogP contribution in [-0.2, 0) is 4.74 Å². The molecular weight excluding hydrogens is 417 g/mol. The van der Waals surface area contributed by atoms with E-state index in [2.05, 4.69) is 22.6 Å². The van der Waals surface area contributed by atoms with E-state index >= 15 is 0 Å². The van der Waals surface area contributed by atoms with E-state index in [9.17, 15) is 4.79 Å². The maximum absolute atomic E-state index is 12.0. The van der Waals surface area contributed by atoms with Crippen LogP contribution in [0, 0.1) is 9.49 Å². The van der Waals surface area contributed by atoms with Crippen LogP contribution in [0.4, 0.5) is 4.79 Å². The molecule has 0 spiro atoms. The number of amides is 1. The average Bonchev–Trinajstić information content (AvgIpc) is 2.87. The van der Waals surface area contributed by atoms with Gasteiger partial charge in [0.25, 0.3) is 0 Å². The van der Waals surface area contributed by atoms with E-state index in [1.165, 1.54) is 0 Å². The number of carbonyl (C=O) groups is 1. The highest BCUT2D eigenvalue weighted by molar-refractivity contribution is 14.1. The fourth-order valence-electron chi connectivity index (χ4n) is 2.26. The number of likely N-dealkylation sites (tertiary alicyclic amines) is 1. The quantitative estimate of drug-likeness (QED) is 0.650. The van der Waals surface area contributed by atoms with Crippen LogP contribution in [0.1, 0.15) is 27.2 Å². The maximum Gasteiger partial charge on any atom is 0.410 e. The summed E-state index contributed by atoms with van der Waals surface area (Å²) in [7, 11) is 0. The molecule has 6 heteroatoms. The van der Waals surface area contributed by atoms with Crippen molar-refractivity contribution in [1.29, 1.82) is 0 Å². The van der Waals surface area contributed by atoms with E-state index < -0.39 is 5.60 Å². The second-order valence-corrected chi connectivity index (χ2v) is 8.07. The summed E-state index contributed by atoms with van der Waals surface area (Å²) in [6, 6.07) is 5.60. The van der Waals surface area contributed by atoms with Crippen molar-refractivity contribution >= 4 is 40.3 Å². The molecule has 22 heavy (non-hydrogen) atoms. The predicted octanol–water partition coefficient (Wildman–Crippen LogP) is 4.58. The lowest BCUT2D eigenvalue weighted by atomic mass is 10.1. The number of benzene rings is 1. The molecule has 0 aliphatic carbocycles. The maximum atomic E-state index is 12.0. The first-order valence-electron chi connectivity index (χ1n) is 7.30. The minimum Gasteiger partial charge on any atom is -0.492 e. The molecule has 4 nitrogen and oxygen atoms in total. The van der Waals surface area contributed by atoms with E-state index in [0.29, 0.717) is 24.1 Å². The summed E-state index contributed by atoms with van der Waals surface area (Å²) < 4.78 is 12.3. The Kier molecular flexibility index (Phi) is 5.82. The Bertz CT molecular complexity index is 545. The summed E-state index contributed by atoms with van der Waals surface area (Å²) >= 11 is 8.21. The number of rotatable bonds is 3. The first-order valence-corrected chi connectivity index (χ1v) is 8.76. The van der Waals surface area contributed by atoms with Gasteiger partial charge in [-0.15, -0.1) is 0 Å². The molecule has 1 unspecified atom stereocenters. The van der Waals surface area contributed by atoms with Crippen LogP contribution in [0.25, 0.3) is 0 Å². The van der Waals surface area contributed by atoms with Crippen molar-refractivity contribution in [3.05, 3.63) is 26.8 Å². The highest BCUT2D eigenvalue weighted by atomic mass is 127. The lowest BCUT2D eigenvalue weighted by molar-refractivity contribution is 0.0285. The average molecular weight is 438 g/mol. The van der Waals surface area contributed by atoms with Gasteiger partial charge in [0.2, 0.25) is 0 Å². The summed E-state index contributed by atoms with van der Waals surface area (Å²) in [6.07, 6.45) is 0.684. The molecule has 0 aromatic heterocycles. The molecule has 1 aromatic rings. The molecule has 0 radical (unpaired) electrons. The Labute approximate surface area is 150 Å². The lowest BCUT2D eigenvalue weighted by Crippen LogP contribution is -2.35. The molecule has 0 saturated carbocycles. The summed E-state index contributed by atoms with van der Waals surface area (Å²) in [5, 5.41) is 0.664. The van der Waals surface area contributed by atoms with Gasteiger partial charge in [-0.25, -0.2) is 4.79 Å². The zero-order valence-corrected chi connectivity index (χ0v) is 16.0. The smallest absolute Gasteiger partial charge is 0.410 e. The minimum absolute atomic E-state index is 0.243. The number of hydrogen-bond donors (Lipinski definition) is 0. The zero-order valence-electron chi connectivity index (χ0n) is 13.1. The van der Waals surface area contributed by atoms with Gasteiger partial charge in [-0.05, 0) is 68.0 Å². The van der Waals surface area contributed by atoms with Gasteiger partial charge in [0.05, 0.1) is 10.2 Å². The van der Waals surface area contributed by atoms with Crippen LogP contribution in [-0.4, -0.2) is 36.3 Å². The summed E-state index contributed by atoms with van der Waals surface area (Å²) in [5.41, 5.74) is -0.456. The number of ether oxygens (including phenoxy) is 2. The highest BCUT2D eigenvalue weighted by Crippen LogP contribution is 2.26. The molecule has 1 fully saturated rings. The second kappa shape index (κ2) is 7.25. The van der Waals surface area contributed by atoms with E-state index in [0.717, 1.165) is 22.3 Å². The number of nitrogens with zero attached hydrogens (tertiary/aromatic N) is 1. The SMILES string of the molecule is CC(C)(C)OC(=O)N1CCC(COc2cc(Cl)ccc2I)C1. The third-order valence-electron chi connectivity index (χ3n) is 3.31. The van der Waals surface area contributed by atoms with Crippen LogP contribution in [0.5, 0.6) is 5.75 Å². The number of carbonyl (C=O) groups excluding carboxylic acids is 1. The molecule has 0 N–H and O–H groups in total. The summed E-state index contributed by atoms with van der Waals surface area (Å²) in [4.78, 5) is 13.8. The topological polar surface area (TPSA) is 38.8 Å². The van der Waals surface area contributed by atoms with Gasteiger partial charge in [0.1, 0.15) is 11.4 Å². The van der Waals surface area contributed by atoms with E-state index in [1.54, 1.807) is 4.90 Å². The molecule has 1 saturated heterocycles. The minimum atomic E-state index is -0.456. The number of hydrogen-bond acceptors (Lipinski definition) is 3. The largest absolute Gasteiger partial charge is 0.492 e. The van der Waals surface area contributed by atoms with Gasteiger partial charge >= 0.3 is 6.09 Å². The van der Waals surface area contributed by atoms with E-state index in [-0.39, 0.29) is 6.09 Å².